The molecule has 2 N–H and O–H groups in total. The average molecular weight is 391 g/mol. The van der Waals surface area contributed by atoms with E-state index >= 15 is 0 Å². The highest BCUT2D eigenvalue weighted by Gasteiger charge is 2.18. The molecule has 0 saturated carbocycles. The van der Waals surface area contributed by atoms with Crippen molar-refractivity contribution < 1.29 is 8.42 Å². The van der Waals surface area contributed by atoms with Crippen LogP contribution in [-0.4, -0.2) is 13.4 Å². The molecule has 0 atom stereocenters. The third-order valence-corrected chi connectivity index (χ3v) is 5.29. The number of hydrogen-bond donors (Lipinski definition) is 1. The first kappa shape index (κ1) is 16.1. The van der Waals surface area contributed by atoms with Gasteiger partial charge in [-0.05, 0) is 37.6 Å². The normalized spacial score (nSPS) is 11.8. The second-order valence-electron chi connectivity index (χ2n) is 5.50. The lowest BCUT2D eigenvalue weighted by Gasteiger charge is -2.13. The van der Waals surface area contributed by atoms with Crippen molar-refractivity contribution in [2.75, 3.05) is 0 Å². The molecule has 23 heavy (non-hydrogen) atoms. The summed E-state index contributed by atoms with van der Waals surface area (Å²) in [6, 6.07) is 11.0. The van der Waals surface area contributed by atoms with Crippen LogP contribution in [0.25, 0.3) is 22.0 Å². The van der Waals surface area contributed by atoms with E-state index in [4.69, 9.17) is 5.14 Å². The minimum atomic E-state index is -3.81. The number of aryl methyl sites for hydroxylation is 2. The van der Waals surface area contributed by atoms with Crippen molar-refractivity contribution in [2.45, 2.75) is 18.7 Å². The van der Waals surface area contributed by atoms with Crippen LogP contribution in [0.4, 0.5) is 0 Å². The van der Waals surface area contributed by atoms with Crippen molar-refractivity contribution in [3.8, 4) is 11.1 Å². The van der Waals surface area contributed by atoms with E-state index in [0.717, 1.165) is 32.1 Å². The molecule has 3 aromatic rings. The monoisotopic (exact) mass is 390 g/mol. The quantitative estimate of drug-likeness (QED) is 0.720. The third-order valence-electron chi connectivity index (χ3n) is 3.83. The van der Waals surface area contributed by atoms with Gasteiger partial charge in [0.25, 0.3) is 0 Å². The van der Waals surface area contributed by atoms with Gasteiger partial charge in [0.05, 0.1) is 10.4 Å². The molecule has 6 heteroatoms. The molecule has 0 fully saturated rings. The van der Waals surface area contributed by atoms with Crippen LogP contribution in [0.2, 0.25) is 0 Å². The molecular formula is C17H15BrN2O2S. The van der Waals surface area contributed by atoms with Crippen molar-refractivity contribution in [3.63, 3.8) is 0 Å². The summed E-state index contributed by atoms with van der Waals surface area (Å²) in [5.74, 6) is 0. The van der Waals surface area contributed by atoms with Crippen LogP contribution < -0.4 is 5.14 Å². The van der Waals surface area contributed by atoms with Crippen LogP contribution in [-0.2, 0) is 10.0 Å². The average Bonchev–Trinajstić information content (AvgIpc) is 2.46. The van der Waals surface area contributed by atoms with E-state index in [1.807, 2.05) is 38.1 Å². The maximum Gasteiger partial charge on any atom is 0.238 e. The molecule has 0 unspecified atom stereocenters. The Balaban J connectivity index is 2.36. The molecule has 3 rings (SSSR count). The van der Waals surface area contributed by atoms with Crippen LogP contribution >= 0.6 is 15.9 Å². The smallest absolute Gasteiger partial charge is 0.238 e. The zero-order valence-corrected chi connectivity index (χ0v) is 15.1. The molecule has 4 nitrogen and oxygen atoms in total. The maximum atomic E-state index is 11.9. The number of aromatic nitrogens is 1. The summed E-state index contributed by atoms with van der Waals surface area (Å²) >= 11 is 3.43. The van der Waals surface area contributed by atoms with E-state index in [1.54, 1.807) is 18.3 Å². The SMILES string of the molecule is Cc1ccc(S(N)(=O)=O)c(-c2cnc3cc(Br)ccc3c2C)c1. The van der Waals surface area contributed by atoms with Crippen molar-refractivity contribution in [2.24, 2.45) is 5.14 Å². The topological polar surface area (TPSA) is 73.1 Å². The first-order valence-electron chi connectivity index (χ1n) is 6.96. The molecule has 0 spiro atoms. The predicted octanol–water partition coefficient (Wildman–Crippen LogP) is 3.93. The molecule has 0 bridgehead atoms. The molecule has 1 aromatic heterocycles. The van der Waals surface area contributed by atoms with Gasteiger partial charge in [-0.1, -0.05) is 39.7 Å². The molecule has 0 saturated heterocycles. The van der Waals surface area contributed by atoms with Crippen LogP contribution in [0.1, 0.15) is 11.1 Å². The van der Waals surface area contributed by atoms with E-state index in [1.165, 1.54) is 0 Å². The summed E-state index contributed by atoms with van der Waals surface area (Å²) in [5.41, 5.74) is 4.14. The Morgan fingerprint density at radius 2 is 1.78 bits per heavy atom. The van der Waals surface area contributed by atoms with Crippen LogP contribution in [0.5, 0.6) is 0 Å². The first-order valence-corrected chi connectivity index (χ1v) is 9.30. The number of fused-ring (bicyclic) bond motifs is 1. The Hall–Kier alpha value is -1.76. The second-order valence-corrected chi connectivity index (χ2v) is 7.95. The summed E-state index contributed by atoms with van der Waals surface area (Å²) < 4.78 is 24.8. The standard InChI is InChI=1S/C17H15BrN2O2S/c1-10-3-6-17(23(19,21)22)14(7-10)15-9-20-16-8-12(18)4-5-13(16)11(15)2/h3-9H,1-2H3,(H2,19,21,22). The Morgan fingerprint density at radius 3 is 2.48 bits per heavy atom. The molecule has 0 aliphatic rings. The van der Waals surface area contributed by atoms with Crippen molar-refractivity contribution in [1.82, 2.24) is 4.98 Å². The van der Waals surface area contributed by atoms with Gasteiger partial charge >= 0.3 is 0 Å². The Morgan fingerprint density at radius 1 is 1.04 bits per heavy atom. The number of hydrogen-bond acceptors (Lipinski definition) is 3. The fourth-order valence-electron chi connectivity index (χ4n) is 2.68. The first-order chi connectivity index (χ1) is 10.8. The molecule has 118 valence electrons. The minimum Gasteiger partial charge on any atom is -0.256 e. The summed E-state index contributed by atoms with van der Waals surface area (Å²) in [4.78, 5) is 4.58. The van der Waals surface area contributed by atoms with Gasteiger partial charge in [0, 0.05) is 27.2 Å². The van der Waals surface area contributed by atoms with E-state index in [2.05, 4.69) is 20.9 Å². The minimum absolute atomic E-state index is 0.115. The number of pyridine rings is 1. The summed E-state index contributed by atoms with van der Waals surface area (Å²) in [6.45, 7) is 3.87. The molecule has 0 radical (unpaired) electrons. The number of rotatable bonds is 2. The number of halogens is 1. The van der Waals surface area contributed by atoms with Gasteiger partial charge in [0.15, 0.2) is 0 Å². The van der Waals surface area contributed by atoms with Gasteiger partial charge in [-0.25, -0.2) is 13.6 Å². The molecule has 0 aliphatic carbocycles. The number of primary sulfonamides is 1. The van der Waals surface area contributed by atoms with Gasteiger partial charge in [0.1, 0.15) is 0 Å². The highest BCUT2D eigenvalue weighted by molar-refractivity contribution is 9.10. The zero-order valence-electron chi connectivity index (χ0n) is 12.7. The Bertz CT molecular complexity index is 1030. The van der Waals surface area contributed by atoms with Crippen LogP contribution in [0.15, 0.2) is 52.0 Å². The fraction of sp³-hybridized carbons (Fsp3) is 0.118. The van der Waals surface area contributed by atoms with Crippen LogP contribution in [0.3, 0.4) is 0 Å². The van der Waals surface area contributed by atoms with Gasteiger partial charge < -0.3 is 0 Å². The predicted molar refractivity (Wildman–Crippen MR) is 95.7 cm³/mol. The van der Waals surface area contributed by atoms with Gasteiger partial charge in [-0.15, -0.1) is 0 Å². The molecule has 1 heterocycles. The summed E-state index contributed by atoms with van der Waals surface area (Å²) in [7, 11) is -3.81. The van der Waals surface area contributed by atoms with Gasteiger partial charge in [0.2, 0.25) is 10.0 Å². The molecular weight excluding hydrogens is 376 g/mol. The lowest BCUT2D eigenvalue weighted by molar-refractivity contribution is 0.598. The van der Waals surface area contributed by atoms with Crippen molar-refractivity contribution in [3.05, 3.63) is 58.2 Å². The number of nitrogens with two attached hydrogens (primary N) is 1. The van der Waals surface area contributed by atoms with Gasteiger partial charge in [-0.2, -0.15) is 0 Å². The molecule has 0 aliphatic heterocycles. The van der Waals surface area contributed by atoms with Crippen LogP contribution in [0, 0.1) is 13.8 Å². The summed E-state index contributed by atoms with van der Waals surface area (Å²) in [6.07, 6.45) is 1.70. The summed E-state index contributed by atoms with van der Waals surface area (Å²) in [5, 5.41) is 6.35. The van der Waals surface area contributed by atoms with Crippen molar-refractivity contribution in [1.29, 1.82) is 0 Å². The fourth-order valence-corrected chi connectivity index (χ4v) is 3.76. The van der Waals surface area contributed by atoms with Crippen molar-refractivity contribution >= 4 is 36.9 Å². The van der Waals surface area contributed by atoms with E-state index in [0.29, 0.717) is 5.56 Å². The number of nitrogens with zero attached hydrogens (tertiary/aromatic N) is 1. The molecule has 0 amide bonds. The van der Waals surface area contributed by atoms with E-state index in [9.17, 15) is 8.42 Å². The molecule has 2 aromatic carbocycles. The second kappa shape index (κ2) is 5.70. The lowest BCUT2D eigenvalue weighted by Crippen LogP contribution is -2.13. The number of benzene rings is 2. The van der Waals surface area contributed by atoms with E-state index in [-0.39, 0.29) is 4.90 Å². The largest absolute Gasteiger partial charge is 0.256 e. The Kier molecular flexibility index (Phi) is 4.00. The highest BCUT2D eigenvalue weighted by atomic mass is 79.9. The lowest BCUT2D eigenvalue weighted by atomic mass is 9.98. The highest BCUT2D eigenvalue weighted by Crippen LogP contribution is 2.33. The van der Waals surface area contributed by atoms with E-state index < -0.39 is 10.0 Å². The maximum absolute atomic E-state index is 11.9. The Labute approximate surface area is 143 Å². The third kappa shape index (κ3) is 3.02. The number of sulfonamides is 1. The van der Waals surface area contributed by atoms with Gasteiger partial charge in [-0.3, -0.25) is 4.98 Å². The zero-order chi connectivity index (χ0) is 16.8.